The maximum atomic E-state index is 13.5. The van der Waals surface area contributed by atoms with Gasteiger partial charge in [0.15, 0.2) is 0 Å². The summed E-state index contributed by atoms with van der Waals surface area (Å²) < 4.78 is 64.1. The number of anilines is 1. The summed E-state index contributed by atoms with van der Waals surface area (Å²) in [4.78, 5) is 11.8. The fraction of sp³-hybridized carbons (Fsp3) is 0.458. The molecule has 2 saturated heterocycles. The first-order valence-electron chi connectivity index (χ1n) is 11.5. The first-order chi connectivity index (χ1) is 16.2. The van der Waals surface area contributed by atoms with Gasteiger partial charge in [-0.15, -0.1) is 0 Å². The summed E-state index contributed by atoms with van der Waals surface area (Å²) in [5.74, 6) is 1.25. The van der Waals surface area contributed by atoms with Gasteiger partial charge in [0.05, 0.1) is 28.6 Å². The van der Waals surface area contributed by atoms with Gasteiger partial charge in [-0.1, -0.05) is 36.4 Å². The molecule has 2 aromatic carbocycles. The van der Waals surface area contributed by atoms with Crippen LogP contribution in [0.1, 0.15) is 30.0 Å². The zero-order valence-electron chi connectivity index (χ0n) is 18.6. The second kappa shape index (κ2) is 8.88. The summed E-state index contributed by atoms with van der Waals surface area (Å²) in [7, 11) is -2.91. The summed E-state index contributed by atoms with van der Waals surface area (Å²) >= 11 is 0. The van der Waals surface area contributed by atoms with Crippen LogP contribution in [0.15, 0.2) is 48.5 Å². The highest BCUT2D eigenvalue weighted by Gasteiger charge is 2.36. The molecule has 182 valence electrons. The third-order valence-electron chi connectivity index (χ3n) is 6.95. The van der Waals surface area contributed by atoms with Crippen molar-refractivity contribution < 1.29 is 21.6 Å². The number of hydrogen-bond acceptors (Lipinski definition) is 5. The Bertz CT molecular complexity index is 1250. The summed E-state index contributed by atoms with van der Waals surface area (Å²) in [5.41, 5.74) is 0.694. The maximum Gasteiger partial charge on any atom is 0.418 e. The molecule has 3 heterocycles. The predicted octanol–water partition coefficient (Wildman–Crippen LogP) is 4.27. The smallest absolute Gasteiger partial charge is 0.339 e. The van der Waals surface area contributed by atoms with Crippen molar-refractivity contribution >= 4 is 26.8 Å². The van der Waals surface area contributed by atoms with E-state index in [1.54, 1.807) is 6.07 Å². The van der Waals surface area contributed by atoms with E-state index >= 15 is 0 Å². The van der Waals surface area contributed by atoms with Gasteiger partial charge < -0.3 is 9.88 Å². The van der Waals surface area contributed by atoms with Crippen LogP contribution in [-0.2, 0) is 16.0 Å². The lowest BCUT2D eigenvalue weighted by Gasteiger charge is -2.43. The Balaban J connectivity index is 1.40. The van der Waals surface area contributed by atoms with Crippen molar-refractivity contribution in [2.75, 3.05) is 42.6 Å². The summed E-state index contributed by atoms with van der Waals surface area (Å²) in [6, 6.07) is 14.1. The number of sulfone groups is 1. The number of nitrogens with one attached hydrogen (secondary N) is 1. The number of imidazole rings is 1. The van der Waals surface area contributed by atoms with Gasteiger partial charge >= 0.3 is 6.18 Å². The van der Waals surface area contributed by atoms with E-state index in [2.05, 4.69) is 27.0 Å². The molecule has 0 bridgehead atoms. The largest absolute Gasteiger partial charge is 0.418 e. The Kier molecular flexibility index (Phi) is 6.05. The summed E-state index contributed by atoms with van der Waals surface area (Å²) in [6.45, 7) is 2.72. The number of aromatic nitrogens is 2. The Hall–Kier alpha value is -2.59. The van der Waals surface area contributed by atoms with E-state index < -0.39 is 21.6 Å². The average Bonchev–Trinajstić information content (AvgIpc) is 3.25. The van der Waals surface area contributed by atoms with E-state index in [0.29, 0.717) is 49.9 Å². The zero-order valence-corrected chi connectivity index (χ0v) is 19.4. The van der Waals surface area contributed by atoms with Gasteiger partial charge in [0, 0.05) is 26.2 Å². The number of halogens is 3. The minimum atomic E-state index is -4.47. The fourth-order valence-electron chi connectivity index (χ4n) is 5.07. The van der Waals surface area contributed by atoms with Gasteiger partial charge in [-0.3, -0.25) is 4.90 Å². The minimum absolute atomic E-state index is 0.0313. The van der Waals surface area contributed by atoms with Crippen molar-refractivity contribution in [2.45, 2.75) is 25.1 Å². The number of fused-ring (bicyclic) bond motifs is 1. The van der Waals surface area contributed by atoms with E-state index in [-0.39, 0.29) is 23.1 Å². The number of para-hydroxylation sites is 1. The lowest BCUT2D eigenvalue weighted by molar-refractivity contribution is -0.136. The quantitative estimate of drug-likeness (QED) is 0.589. The standard InChI is InChI=1S/C24H27F3N4O2S/c25-24(26,27)19-7-4-8-20-22(19)29-23(28-20)31-12-11-30(15-17-9-13-34(32,33)14-10-17)21(16-31)18-5-2-1-3-6-18/h1-8,17,21H,9-16H2,(H,28,29). The lowest BCUT2D eigenvalue weighted by atomic mass is 9.97. The van der Waals surface area contributed by atoms with Crippen LogP contribution in [-0.4, -0.2) is 61.0 Å². The molecule has 10 heteroatoms. The second-order valence-corrected chi connectivity index (χ2v) is 11.5. The third-order valence-corrected chi connectivity index (χ3v) is 8.66. The summed E-state index contributed by atoms with van der Waals surface area (Å²) in [6.07, 6.45) is -3.12. The lowest BCUT2D eigenvalue weighted by Crippen LogP contribution is -2.50. The molecule has 5 rings (SSSR count). The normalized spacial score (nSPS) is 22.3. The van der Waals surface area contributed by atoms with Crippen molar-refractivity contribution in [3.8, 4) is 0 Å². The maximum absolute atomic E-state index is 13.5. The average molecular weight is 493 g/mol. The van der Waals surface area contributed by atoms with Gasteiger partial charge in [-0.05, 0) is 36.5 Å². The van der Waals surface area contributed by atoms with Crippen LogP contribution in [0.3, 0.4) is 0 Å². The molecule has 3 aromatic rings. The molecule has 1 unspecified atom stereocenters. The van der Waals surface area contributed by atoms with Crippen LogP contribution < -0.4 is 4.90 Å². The van der Waals surface area contributed by atoms with Crippen molar-refractivity contribution in [1.29, 1.82) is 0 Å². The molecule has 2 aliphatic heterocycles. The van der Waals surface area contributed by atoms with E-state index in [4.69, 9.17) is 0 Å². The number of H-pyrrole nitrogens is 1. The molecule has 34 heavy (non-hydrogen) atoms. The van der Waals surface area contributed by atoms with Crippen molar-refractivity contribution in [3.63, 3.8) is 0 Å². The van der Waals surface area contributed by atoms with Gasteiger partial charge in [0.2, 0.25) is 5.95 Å². The first kappa shape index (κ1) is 23.2. The monoisotopic (exact) mass is 492 g/mol. The topological polar surface area (TPSA) is 69.3 Å². The second-order valence-electron chi connectivity index (χ2n) is 9.22. The fourth-order valence-corrected chi connectivity index (χ4v) is 6.66. The Labute approximate surface area is 196 Å². The molecular formula is C24H27F3N4O2S. The number of nitrogens with zero attached hydrogens (tertiary/aromatic N) is 3. The number of alkyl halides is 3. The van der Waals surface area contributed by atoms with Crippen LogP contribution in [0.25, 0.3) is 11.0 Å². The van der Waals surface area contributed by atoms with Crippen LogP contribution in [0.5, 0.6) is 0 Å². The Morgan fingerprint density at radius 3 is 2.44 bits per heavy atom. The number of rotatable bonds is 4. The van der Waals surface area contributed by atoms with E-state index in [1.807, 2.05) is 23.1 Å². The minimum Gasteiger partial charge on any atom is -0.339 e. The number of aromatic amines is 1. The van der Waals surface area contributed by atoms with Gasteiger partial charge in [-0.25, -0.2) is 13.4 Å². The van der Waals surface area contributed by atoms with Crippen molar-refractivity contribution in [1.82, 2.24) is 14.9 Å². The van der Waals surface area contributed by atoms with E-state index in [9.17, 15) is 21.6 Å². The van der Waals surface area contributed by atoms with Crippen LogP contribution in [0, 0.1) is 5.92 Å². The van der Waals surface area contributed by atoms with Crippen molar-refractivity contribution in [3.05, 3.63) is 59.7 Å². The molecule has 0 aliphatic carbocycles. The van der Waals surface area contributed by atoms with Gasteiger partial charge in [-0.2, -0.15) is 13.2 Å². The van der Waals surface area contributed by atoms with Crippen molar-refractivity contribution in [2.24, 2.45) is 5.92 Å². The number of hydrogen-bond donors (Lipinski definition) is 1. The van der Waals surface area contributed by atoms with E-state index in [0.717, 1.165) is 18.2 Å². The third kappa shape index (κ3) is 4.79. The highest BCUT2D eigenvalue weighted by molar-refractivity contribution is 7.91. The molecule has 0 radical (unpaired) electrons. The number of piperazine rings is 1. The molecule has 1 atom stereocenters. The molecule has 2 aliphatic rings. The molecule has 6 nitrogen and oxygen atoms in total. The first-order valence-corrected chi connectivity index (χ1v) is 13.3. The highest BCUT2D eigenvalue weighted by atomic mass is 32.2. The molecule has 1 N–H and O–H groups in total. The Morgan fingerprint density at radius 1 is 1.00 bits per heavy atom. The predicted molar refractivity (Wildman–Crippen MR) is 125 cm³/mol. The molecule has 0 spiro atoms. The highest BCUT2D eigenvalue weighted by Crippen LogP contribution is 2.36. The summed E-state index contributed by atoms with van der Waals surface area (Å²) in [5, 5.41) is 0. The van der Waals surface area contributed by atoms with Gasteiger partial charge in [0.25, 0.3) is 0 Å². The van der Waals surface area contributed by atoms with Gasteiger partial charge in [0.1, 0.15) is 15.4 Å². The molecule has 2 fully saturated rings. The van der Waals surface area contributed by atoms with E-state index in [1.165, 1.54) is 6.07 Å². The van der Waals surface area contributed by atoms with Crippen LogP contribution in [0.4, 0.5) is 19.1 Å². The van der Waals surface area contributed by atoms with Crippen LogP contribution in [0.2, 0.25) is 0 Å². The molecular weight excluding hydrogens is 465 g/mol. The SMILES string of the molecule is O=S1(=O)CCC(CN2CCN(c3nc4c(C(F)(F)F)cccc4[nH]3)CC2c2ccccc2)CC1. The zero-order chi connectivity index (χ0) is 23.9. The molecule has 0 amide bonds. The Morgan fingerprint density at radius 2 is 1.74 bits per heavy atom. The van der Waals surface area contributed by atoms with Crippen LogP contribution >= 0.6 is 0 Å². The molecule has 0 saturated carbocycles. The molecule has 1 aromatic heterocycles. The number of benzene rings is 2.